The van der Waals surface area contributed by atoms with Crippen molar-refractivity contribution in [2.45, 2.75) is 33.1 Å². The molecule has 9 aromatic rings. The van der Waals surface area contributed by atoms with Crippen LogP contribution in [0.25, 0.3) is 65.4 Å². The Labute approximate surface area is 267 Å². The molecular formula is C43H33NO2. The van der Waals surface area contributed by atoms with Crippen LogP contribution in [0.1, 0.15) is 31.9 Å². The van der Waals surface area contributed by atoms with E-state index in [2.05, 4.69) is 160 Å². The predicted molar refractivity (Wildman–Crippen MR) is 194 cm³/mol. The monoisotopic (exact) mass is 595 g/mol. The van der Waals surface area contributed by atoms with E-state index in [4.69, 9.17) is 8.83 Å². The smallest absolute Gasteiger partial charge is 0.159 e. The molecule has 0 aliphatic carbocycles. The Balaban J connectivity index is 1.40. The highest BCUT2D eigenvalue weighted by molar-refractivity contribution is 6.24. The molecule has 0 atom stereocenters. The number of furan rings is 2. The molecule has 0 spiro atoms. The molecule has 0 radical (unpaired) electrons. The van der Waals surface area contributed by atoms with Crippen molar-refractivity contribution < 1.29 is 8.83 Å². The molecule has 0 N–H and O–H groups in total. The third-order valence-electron chi connectivity index (χ3n) is 9.47. The Kier molecular flexibility index (Phi) is 5.67. The lowest BCUT2D eigenvalue weighted by Crippen LogP contribution is -2.12. The Hall–Kier alpha value is -5.54. The highest BCUT2D eigenvalue weighted by Crippen LogP contribution is 2.48. The summed E-state index contributed by atoms with van der Waals surface area (Å²) in [4.78, 5) is 2.36. The molecule has 0 saturated heterocycles. The van der Waals surface area contributed by atoms with E-state index in [1.807, 2.05) is 0 Å². The second kappa shape index (κ2) is 9.73. The summed E-state index contributed by atoms with van der Waals surface area (Å²) in [6, 6.07) is 45.4. The first kappa shape index (κ1) is 26.8. The number of rotatable bonds is 3. The summed E-state index contributed by atoms with van der Waals surface area (Å²) in [6.45, 7) is 8.90. The van der Waals surface area contributed by atoms with Crippen LogP contribution in [-0.4, -0.2) is 0 Å². The van der Waals surface area contributed by atoms with Gasteiger partial charge < -0.3 is 13.7 Å². The van der Waals surface area contributed by atoms with Crippen LogP contribution in [0.3, 0.4) is 0 Å². The summed E-state index contributed by atoms with van der Waals surface area (Å²) in [5.74, 6) is 0. The number of hydrogen-bond acceptors (Lipinski definition) is 3. The molecule has 0 fully saturated rings. The highest BCUT2D eigenvalue weighted by Gasteiger charge is 2.26. The third kappa shape index (κ3) is 3.91. The van der Waals surface area contributed by atoms with Crippen LogP contribution in [0.15, 0.2) is 136 Å². The molecule has 2 aromatic heterocycles. The van der Waals surface area contributed by atoms with Crippen molar-refractivity contribution in [3.8, 4) is 0 Å². The molecule has 0 aliphatic heterocycles. The first-order valence-electron chi connectivity index (χ1n) is 15.9. The number of fused-ring (bicyclic) bond motifs is 9. The Morgan fingerprint density at radius 1 is 0.478 bits per heavy atom. The summed E-state index contributed by atoms with van der Waals surface area (Å²) in [5, 5.41) is 9.21. The Morgan fingerprint density at radius 3 is 1.89 bits per heavy atom. The maximum atomic E-state index is 6.93. The van der Waals surface area contributed by atoms with Crippen molar-refractivity contribution in [3.63, 3.8) is 0 Å². The summed E-state index contributed by atoms with van der Waals surface area (Å²) in [7, 11) is 0. The molecule has 3 heteroatoms. The fourth-order valence-corrected chi connectivity index (χ4v) is 7.27. The van der Waals surface area contributed by atoms with Gasteiger partial charge in [-0.3, -0.25) is 0 Å². The second-order valence-electron chi connectivity index (χ2n) is 13.4. The van der Waals surface area contributed by atoms with Crippen LogP contribution >= 0.6 is 0 Å². The van der Waals surface area contributed by atoms with Gasteiger partial charge in [-0.15, -0.1) is 0 Å². The fraction of sp³-hybridized carbons (Fsp3) is 0.116. The van der Waals surface area contributed by atoms with Crippen LogP contribution in [0.2, 0.25) is 0 Å². The number of hydrogen-bond donors (Lipinski definition) is 0. The average Bonchev–Trinajstić information content (AvgIpc) is 3.62. The molecule has 0 saturated carbocycles. The molecule has 0 bridgehead atoms. The standard InChI is InChI=1S/C43H33NO2/c1-26-13-5-10-21-35(26)44(36-22-12-19-32-31-18-11-20-34(43(2,3)4)41(31)46-42(32)36)37-25-39-40(30-17-9-8-16-29(30)37)33-23-27-14-6-7-15-28(27)24-38(33)45-39/h5-25H,1-4H3. The van der Waals surface area contributed by atoms with Gasteiger partial charge in [0, 0.05) is 44.2 Å². The number of aryl methyl sites for hydroxylation is 1. The van der Waals surface area contributed by atoms with Crippen molar-refractivity contribution >= 4 is 82.5 Å². The van der Waals surface area contributed by atoms with E-state index >= 15 is 0 Å². The molecule has 0 aliphatic rings. The number of para-hydroxylation sites is 3. The molecule has 7 aromatic carbocycles. The molecule has 222 valence electrons. The zero-order chi connectivity index (χ0) is 31.2. The van der Waals surface area contributed by atoms with E-state index in [0.717, 1.165) is 71.7 Å². The van der Waals surface area contributed by atoms with Gasteiger partial charge >= 0.3 is 0 Å². The fourth-order valence-electron chi connectivity index (χ4n) is 7.27. The van der Waals surface area contributed by atoms with Crippen LogP contribution in [0.4, 0.5) is 17.1 Å². The number of anilines is 3. The zero-order valence-corrected chi connectivity index (χ0v) is 26.4. The van der Waals surface area contributed by atoms with Crippen molar-refractivity contribution in [2.75, 3.05) is 4.90 Å². The minimum Gasteiger partial charge on any atom is -0.456 e. The summed E-state index contributed by atoms with van der Waals surface area (Å²) in [5.41, 5.74) is 9.04. The summed E-state index contributed by atoms with van der Waals surface area (Å²) in [6.07, 6.45) is 0. The van der Waals surface area contributed by atoms with Crippen molar-refractivity contribution in [3.05, 3.63) is 139 Å². The van der Waals surface area contributed by atoms with Gasteiger partial charge in [-0.25, -0.2) is 0 Å². The third-order valence-corrected chi connectivity index (χ3v) is 9.47. The van der Waals surface area contributed by atoms with Gasteiger partial charge in [0.15, 0.2) is 5.58 Å². The van der Waals surface area contributed by atoms with E-state index in [-0.39, 0.29) is 5.41 Å². The first-order chi connectivity index (χ1) is 22.4. The Bertz CT molecular complexity index is 2650. The maximum absolute atomic E-state index is 6.93. The molecule has 9 rings (SSSR count). The normalized spacial score (nSPS) is 12.3. The van der Waals surface area contributed by atoms with Crippen LogP contribution in [0.5, 0.6) is 0 Å². The first-order valence-corrected chi connectivity index (χ1v) is 15.9. The van der Waals surface area contributed by atoms with Gasteiger partial charge in [0.2, 0.25) is 0 Å². The lowest BCUT2D eigenvalue weighted by atomic mass is 9.86. The van der Waals surface area contributed by atoms with Crippen LogP contribution in [-0.2, 0) is 5.41 Å². The van der Waals surface area contributed by atoms with E-state index in [9.17, 15) is 0 Å². The summed E-state index contributed by atoms with van der Waals surface area (Å²) < 4.78 is 13.6. The topological polar surface area (TPSA) is 29.5 Å². The SMILES string of the molecule is Cc1ccccc1N(c1cc2oc3cc4ccccc4cc3c2c2ccccc12)c1cccc2c1oc1c(C(C)(C)C)cccc12. The number of benzene rings is 7. The minimum atomic E-state index is -0.0589. The minimum absolute atomic E-state index is 0.0589. The van der Waals surface area contributed by atoms with Gasteiger partial charge in [-0.05, 0) is 58.3 Å². The van der Waals surface area contributed by atoms with Crippen LogP contribution in [0, 0.1) is 6.92 Å². The van der Waals surface area contributed by atoms with Gasteiger partial charge in [0.1, 0.15) is 16.7 Å². The molecular weight excluding hydrogens is 562 g/mol. The van der Waals surface area contributed by atoms with E-state index in [1.165, 1.54) is 21.9 Å². The Morgan fingerprint density at radius 2 is 1.11 bits per heavy atom. The molecule has 0 unspecified atom stereocenters. The maximum Gasteiger partial charge on any atom is 0.159 e. The van der Waals surface area contributed by atoms with Gasteiger partial charge in [-0.1, -0.05) is 118 Å². The predicted octanol–water partition coefficient (Wildman–Crippen LogP) is 12.9. The van der Waals surface area contributed by atoms with Gasteiger partial charge in [-0.2, -0.15) is 0 Å². The van der Waals surface area contributed by atoms with Crippen molar-refractivity contribution in [1.82, 2.24) is 0 Å². The largest absolute Gasteiger partial charge is 0.456 e. The van der Waals surface area contributed by atoms with Crippen LogP contribution < -0.4 is 4.90 Å². The molecule has 46 heavy (non-hydrogen) atoms. The lowest BCUT2D eigenvalue weighted by molar-refractivity contribution is 0.573. The van der Waals surface area contributed by atoms with Gasteiger partial charge in [0.05, 0.1) is 11.4 Å². The van der Waals surface area contributed by atoms with E-state index in [0.29, 0.717) is 0 Å². The van der Waals surface area contributed by atoms with E-state index in [1.54, 1.807) is 0 Å². The highest BCUT2D eigenvalue weighted by atomic mass is 16.3. The molecule has 3 nitrogen and oxygen atoms in total. The lowest BCUT2D eigenvalue weighted by Gasteiger charge is -2.28. The van der Waals surface area contributed by atoms with Crippen molar-refractivity contribution in [1.29, 1.82) is 0 Å². The summed E-state index contributed by atoms with van der Waals surface area (Å²) >= 11 is 0. The average molecular weight is 596 g/mol. The zero-order valence-electron chi connectivity index (χ0n) is 26.4. The quantitative estimate of drug-likeness (QED) is 0.203. The second-order valence-corrected chi connectivity index (χ2v) is 13.4. The van der Waals surface area contributed by atoms with Gasteiger partial charge in [0.25, 0.3) is 0 Å². The van der Waals surface area contributed by atoms with Crippen molar-refractivity contribution in [2.24, 2.45) is 0 Å². The molecule has 2 heterocycles. The van der Waals surface area contributed by atoms with E-state index < -0.39 is 0 Å². The number of nitrogens with zero attached hydrogens (tertiary/aromatic N) is 1. The molecule has 0 amide bonds.